The SMILES string of the molecule is Cc1cc(Br)ccc1Oc1ccc([C@H](C)O)nc1. The van der Waals surface area contributed by atoms with Crippen molar-refractivity contribution in [3.05, 3.63) is 52.3 Å². The summed E-state index contributed by atoms with van der Waals surface area (Å²) in [7, 11) is 0. The number of ether oxygens (including phenoxy) is 1. The van der Waals surface area contributed by atoms with E-state index in [9.17, 15) is 5.11 Å². The molecular weight excluding hydrogens is 294 g/mol. The van der Waals surface area contributed by atoms with Gasteiger partial charge in [0, 0.05) is 4.47 Å². The van der Waals surface area contributed by atoms with Crippen LogP contribution in [-0.4, -0.2) is 10.1 Å². The first-order valence-electron chi connectivity index (χ1n) is 5.64. The molecule has 0 radical (unpaired) electrons. The van der Waals surface area contributed by atoms with Crippen molar-refractivity contribution in [1.82, 2.24) is 4.98 Å². The average Bonchev–Trinajstić information content (AvgIpc) is 2.33. The highest BCUT2D eigenvalue weighted by molar-refractivity contribution is 9.10. The number of nitrogens with zero attached hydrogens (tertiary/aromatic N) is 1. The van der Waals surface area contributed by atoms with Crippen molar-refractivity contribution in [1.29, 1.82) is 0 Å². The Labute approximate surface area is 115 Å². The zero-order valence-electron chi connectivity index (χ0n) is 10.2. The van der Waals surface area contributed by atoms with Gasteiger partial charge in [0.15, 0.2) is 0 Å². The molecule has 18 heavy (non-hydrogen) atoms. The molecule has 0 bridgehead atoms. The summed E-state index contributed by atoms with van der Waals surface area (Å²) < 4.78 is 6.76. The number of benzene rings is 1. The predicted molar refractivity (Wildman–Crippen MR) is 73.8 cm³/mol. The van der Waals surface area contributed by atoms with Gasteiger partial charge in [-0.3, -0.25) is 4.98 Å². The van der Waals surface area contributed by atoms with Crippen molar-refractivity contribution in [2.45, 2.75) is 20.0 Å². The van der Waals surface area contributed by atoms with Crippen LogP contribution in [0.5, 0.6) is 11.5 Å². The van der Waals surface area contributed by atoms with Gasteiger partial charge in [-0.2, -0.15) is 0 Å². The number of aromatic nitrogens is 1. The number of aliphatic hydroxyl groups excluding tert-OH is 1. The third kappa shape index (κ3) is 3.09. The van der Waals surface area contributed by atoms with E-state index in [1.54, 1.807) is 25.3 Å². The molecule has 0 saturated heterocycles. The van der Waals surface area contributed by atoms with E-state index < -0.39 is 6.10 Å². The van der Waals surface area contributed by atoms with E-state index in [1.807, 2.05) is 25.1 Å². The highest BCUT2D eigenvalue weighted by Gasteiger charge is 2.05. The molecule has 0 saturated carbocycles. The minimum absolute atomic E-state index is 0.562. The number of hydrogen-bond donors (Lipinski definition) is 1. The maximum atomic E-state index is 9.37. The van der Waals surface area contributed by atoms with Crippen LogP contribution >= 0.6 is 15.9 Å². The maximum Gasteiger partial charge on any atom is 0.145 e. The molecule has 0 spiro atoms. The molecule has 0 unspecified atom stereocenters. The molecule has 0 fully saturated rings. The van der Waals surface area contributed by atoms with Crippen molar-refractivity contribution in [2.24, 2.45) is 0 Å². The molecule has 1 aromatic carbocycles. The molecule has 1 aromatic heterocycles. The van der Waals surface area contributed by atoms with E-state index in [4.69, 9.17) is 4.74 Å². The van der Waals surface area contributed by atoms with Crippen molar-refractivity contribution in [2.75, 3.05) is 0 Å². The molecular formula is C14H14BrNO2. The van der Waals surface area contributed by atoms with Crippen LogP contribution in [0.4, 0.5) is 0 Å². The van der Waals surface area contributed by atoms with E-state index in [2.05, 4.69) is 20.9 Å². The van der Waals surface area contributed by atoms with Crippen LogP contribution in [0.15, 0.2) is 41.0 Å². The van der Waals surface area contributed by atoms with E-state index >= 15 is 0 Å². The molecule has 0 aliphatic rings. The van der Waals surface area contributed by atoms with E-state index in [0.717, 1.165) is 15.8 Å². The highest BCUT2D eigenvalue weighted by Crippen LogP contribution is 2.27. The molecule has 2 aromatic rings. The zero-order valence-corrected chi connectivity index (χ0v) is 11.8. The number of aryl methyl sites for hydroxylation is 1. The number of rotatable bonds is 3. The second-order valence-corrected chi connectivity index (χ2v) is 5.02. The zero-order chi connectivity index (χ0) is 13.1. The summed E-state index contributed by atoms with van der Waals surface area (Å²) in [6.45, 7) is 3.67. The summed E-state index contributed by atoms with van der Waals surface area (Å²) in [5, 5.41) is 9.37. The van der Waals surface area contributed by atoms with Gasteiger partial charge in [-0.25, -0.2) is 0 Å². The largest absolute Gasteiger partial charge is 0.455 e. The fourth-order valence-electron chi connectivity index (χ4n) is 1.55. The van der Waals surface area contributed by atoms with Crippen LogP contribution in [0.1, 0.15) is 24.3 Å². The Morgan fingerprint density at radius 3 is 2.61 bits per heavy atom. The molecule has 2 rings (SSSR count). The summed E-state index contributed by atoms with van der Waals surface area (Å²) in [6, 6.07) is 9.39. The summed E-state index contributed by atoms with van der Waals surface area (Å²) >= 11 is 3.41. The van der Waals surface area contributed by atoms with Gasteiger partial charge in [-0.15, -0.1) is 0 Å². The molecule has 4 heteroatoms. The van der Waals surface area contributed by atoms with Crippen molar-refractivity contribution in [3.63, 3.8) is 0 Å². The molecule has 1 N–H and O–H groups in total. The first-order chi connectivity index (χ1) is 8.56. The van der Waals surface area contributed by atoms with Crippen LogP contribution in [0.3, 0.4) is 0 Å². The van der Waals surface area contributed by atoms with Gasteiger partial charge in [0.2, 0.25) is 0 Å². The Kier molecular flexibility index (Phi) is 3.99. The Bertz CT molecular complexity index is 538. The lowest BCUT2D eigenvalue weighted by Gasteiger charge is -2.09. The monoisotopic (exact) mass is 307 g/mol. The molecule has 0 aliphatic carbocycles. The molecule has 0 aliphatic heterocycles. The smallest absolute Gasteiger partial charge is 0.145 e. The van der Waals surface area contributed by atoms with Gasteiger partial charge in [0.1, 0.15) is 11.5 Å². The minimum atomic E-state index is -0.562. The third-order valence-electron chi connectivity index (χ3n) is 2.55. The Morgan fingerprint density at radius 1 is 1.28 bits per heavy atom. The Balaban J connectivity index is 2.18. The molecule has 1 atom stereocenters. The van der Waals surface area contributed by atoms with Crippen molar-refractivity contribution < 1.29 is 9.84 Å². The van der Waals surface area contributed by atoms with E-state index in [1.165, 1.54) is 0 Å². The van der Waals surface area contributed by atoms with Crippen LogP contribution in [0.25, 0.3) is 0 Å². The van der Waals surface area contributed by atoms with Gasteiger partial charge in [-0.1, -0.05) is 15.9 Å². The molecule has 3 nitrogen and oxygen atoms in total. The summed E-state index contributed by atoms with van der Waals surface area (Å²) in [4.78, 5) is 4.14. The van der Waals surface area contributed by atoms with Gasteiger partial charge in [-0.05, 0) is 49.7 Å². The number of hydrogen-bond acceptors (Lipinski definition) is 3. The van der Waals surface area contributed by atoms with Crippen molar-refractivity contribution in [3.8, 4) is 11.5 Å². The topological polar surface area (TPSA) is 42.4 Å². The van der Waals surface area contributed by atoms with Crippen LogP contribution in [0.2, 0.25) is 0 Å². The Morgan fingerprint density at radius 2 is 2.06 bits per heavy atom. The molecule has 1 heterocycles. The van der Waals surface area contributed by atoms with Gasteiger partial charge in [0.05, 0.1) is 18.0 Å². The second kappa shape index (κ2) is 5.50. The lowest BCUT2D eigenvalue weighted by atomic mass is 10.2. The first kappa shape index (κ1) is 13.1. The van der Waals surface area contributed by atoms with Crippen LogP contribution in [-0.2, 0) is 0 Å². The van der Waals surface area contributed by atoms with Crippen LogP contribution < -0.4 is 4.74 Å². The number of pyridine rings is 1. The minimum Gasteiger partial charge on any atom is -0.455 e. The second-order valence-electron chi connectivity index (χ2n) is 4.11. The average molecular weight is 308 g/mol. The molecule has 94 valence electrons. The normalized spacial score (nSPS) is 12.2. The van der Waals surface area contributed by atoms with Gasteiger partial charge < -0.3 is 9.84 Å². The van der Waals surface area contributed by atoms with Crippen LogP contribution in [0, 0.1) is 6.92 Å². The fourth-order valence-corrected chi connectivity index (χ4v) is 2.03. The van der Waals surface area contributed by atoms with E-state index in [-0.39, 0.29) is 0 Å². The standard InChI is InChI=1S/C14H14BrNO2/c1-9-7-11(15)3-6-14(9)18-12-4-5-13(10(2)17)16-8-12/h3-8,10,17H,1-2H3/t10-/m0/s1. The fraction of sp³-hybridized carbons (Fsp3) is 0.214. The molecule has 0 amide bonds. The quantitative estimate of drug-likeness (QED) is 0.932. The Hall–Kier alpha value is -1.39. The summed E-state index contributed by atoms with van der Waals surface area (Å²) in [6.07, 6.45) is 1.05. The number of halogens is 1. The maximum absolute atomic E-state index is 9.37. The number of aliphatic hydroxyl groups is 1. The lowest BCUT2D eigenvalue weighted by molar-refractivity contribution is 0.194. The summed E-state index contributed by atoms with van der Waals surface area (Å²) in [5.74, 6) is 1.45. The lowest BCUT2D eigenvalue weighted by Crippen LogP contribution is -1.95. The highest BCUT2D eigenvalue weighted by atomic mass is 79.9. The van der Waals surface area contributed by atoms with Gasteiger partial charge in [0.25, 0.3) is 0 Å². The van der Waals surface area contributed by atoms with E-state index in [0.29, 0.717) is 11.4 Å². The summed E-state index contributed by atoms with van der Waals surface area (Å²) in [5.41, 5.74) is 1.68. The first-order valence-corrected chi connectivity index (χ1v) is 6.43. The third-order valence-corrected chi connectivity index (χ3v) is 3.05. The van der Waals surface area contributed by atoms with Crippen molar-refractivity contribution >= 4 is 15.9 Å². The van der Waals surface area contributed by atoms with Gasteiger partial charge >= 0.3 is 0 Å². The predicted octanol–water partition coefficient (Wildman–Crippen LogP) is 4.00.